The molecule has 9 nitrogen and oxygen atoms in total. The summed E-state index contributed by atoms with van der Waals surface area (Å²) in [5.74, 6) is -0.817. The average Bonchev–Trinajstić information content (AvgIpc) is 3.03. The second-order valence-corrected chi connectivity index (χ2v) is 6.90. The standard InChI is InChI=1S/C19H13IN2O7/c1-10(23)28-17-13(20)7-11(9-16(17)27-2)8-14-19(24)29-18(21-14)12-5-3-4-6-15(12)22(25)26/h3-9H,1-2H3/b14-8+. The molecule has 3 rings (SSSR count). The van der Waals surface area contributed by atoms with Crippen molar-refractivity contribution in [3.63, 3.8) is 0 Å². The van der Waals surface area contributed by atoms with Crippen molar-refractivity contribution in [1.82, 2.24) is 0 Å². The molecule has 0 radical (unpaired) electrons. The van der Waals surface area contributed by atoms with Gasteiger partial charge in [-0.1, -0.05) is 12.1 Å². The van der Waals surface area contributed by atoms with Crippen molar-refractivity contribution >= 4 is 52.2 Å². The van der Waals surface area contributed by atoms with Crippen LogP contribution in [-0.4, -0.2) is 29.9 Å². The number of esters is 2. The summed E-state index contributed by atoms with van der Waals surface area (Å²) in [7, 11) is 1.42. The quantitative estimate of drug-likeness (QED) is 0.152. The highest BCUT2D eigenvalue weighted by molar-refractivity contribution is 14.1. The Morgan fingerprint density at radius 2 is 2.03 bits per heavy atom. The summed E-state index contributed by atoms with van der Waals surface area (Å²) in [6.45, 7) is 1.28. The van der Waals surface area contributed by atoms with E-state index < -0.39 is 16.9 Å². The molecule has 0 bridgehead atoms. The van der Waals surface area contributed by atoms with Gasteiger partial charge in [0.25, 0.3) is 5.69 Å². The molecule has 0 unspecified atom stereocenters. The third-order valence-corrected chi connectivity index (χ3v) is 4.55. The van der Waals surface area contributed by atoms with Crippen molar-refractivity contribution < 1.29 is 28.7 Å². The van der Waals surface area contributed by atoms with Gasteiger partial charge in [0.15, 0.2) is 17.2 Å². The third-order valence-electron chi connectivity index (χ3n) is 3.75. The zero-order valence-corrected chi connectivity index (χ0v) is 17.3. The molecule has 29 heavy (non-hydrogen) atoms. The first-order chi connectivity index (χ1) is 13.8. The Morgan fingerprint density at radius 3 is 2.69 bits per heavy atom. The van der Waals surface area contributed by atoms with Crippen LogP contribution in [-0.2, 0) is 14.3 Å². The average molecular weight is 508 g/mol. The number of nitro groups is 1. The summed E-state index contributed by atoms with van der Waals surface area (Å²) in [5.41, 5.74) is 0.395. The number of nitro benzene ring substituents is 1. The number of methoxy groups -OCH3 is 1. The summed E-state index contributed by atoms with van der Waals surface area (Å²) in [6, 6.07) is 9.08. The molecule has 0 saturated carbocycles. The highest BCUT2D eigenvalue weighted by Crippen LogP contribution is 2.35. The van der Waals surface area contributed by atoms with Gasteiger partial charge >= 0.3 is 11.9 Å². The van der Waals surface area contributed by atoms with Crippen molar-refractivity contribution in [2.24, 2.45) is 4.99 Å². The Kier molecular flexibility index (Phi) is 5.92. The number of carbonyl (C=O) groups excluding carboxylic acids is 2. The first-order valence-electron chi connectivity index (χ1n) is 8.12. The number of rotatable bonds is 5. The predicted octanol–water partition coefficient (Wildman–Crippen LogP) is 3.48. The van der Waals surface area contributed by atoms with Crippen LogP contribution in [0.5, 0.6) is 11.5 Å². The maximum Gasteiger partial charge on any atom is 0.363 e. The van der Waals surface area contributed by atoms with Gasteiger partial charge in [-0.15, -0.1) is 0 Å². The van der Waals surface area contributed by atoms with E-state index in [4.69, 9.17) is 14.2 Å². The van der Waals surface area contributed by atoms with E-state index in [0.717, 1.165) is 0 Å². The summed E-state index contributed by atoms with van der Waals surface area (Å²) < 4.78 is 16.1. The molecule has 0 N–H and O–H groups in total. The minimum atomic E-state index is -0.740. The number of halogens is 1. The zero-order valence-electron chi connectivity index (χ0n) is 15.2. The van der Waals surface area contributed by atoms with E-state index in [1.165, 1.54) is 38.3 Å². The van der Waals surface area contributed by atoms with Gasteiger partial charge in [0.2, 0.25) is 5.90 Å². The Bertz CT molecular complexity index is 1090. The number of ether oxygens (including phenoxy) is 3. The molecule has 0 amide bonds. The smallest absolute Gasteiger partial charge is 0.363 e. The number of hydrogen-bond donors (Lipinski definition) is 0. The Hall–Kier alpha value is -3.28. The van der Waals surface area contributed by atoms with Crippen molar-refractivity contribution in [3.05, 3.63) is 66.9 Å². The summed E-state index contributed by atoms with van der Waals surface area (Å²) in [4.78, 5) is 38.2. The van der Waals surface area contributed by atoms with Gasteiger partial charge in [-0.05, 0) is 52.4 Å². The minimum Gasteiger partial charge on any atom is -0.493 e. The molecule has 2 aromatic rings. The van der Waals surface area contributed by atoms with E-state index in [-0.39, 0.29) is 28.6 Å². The van der Waals surface area contributed by atoms with Gasteiger partial charge in [-0.3, -0.25) is 14.9 Å². The van der Waals surface area contributed by atoms with Crippen LogP contribution < -0.4 is 9.47 Å². The number of para-hydroxylation sites is 1. The van der Waals surface area contributed by atoms with Crippen LogP contribution in [0.15, 0.2) is 47.1 Å². The van der Waals surface area contributed by atoms with E-state index in [2.05, 4.69) is 4.99 Å². The summed E-state index contributed by atoms with van der Waals surface area (Å²) in [5, 5.41) is 11.2. The molecular weight excluding hydrogens is 495 g/mol. The fourth-order valence-electron chi connectivity index (χ4n) is 2.56. The largest absolute Gasteiger partial charge is 0.493 e. The molecule has 2 aromatic carbocycles. The summed E-state index contributed by atoms with van der Waals surface area (Å²) >= 11 is 1.97. The van der Waals surface area contributed by atoms with E-state index in [1.54, 1.807) is 18.2 Å². The number of aliphatic imine (C=N–C) groups is 1. The van der Waals surface area contributed by atoms with Gasteiger partial charge in [-0.25, -0.2) is 9.79 Å². The van der Waals surface area contributed by atoms with Gasteiger partial charge in [0.1, 0.15) is 5.56 Å². The van der Waals surface area contributed by atoms with Crippen LogP contribution in [0.2, 0.25) is 0 Å². The lowest BCUT2D eigenvalue weighted by molar-refractivity contribution is -0.385. The lowest BCUT2D eigenvalue weighted by Crippen LogP contribution is -2.08. The lowest BCUT2D eigenvalue weighted by Gasteiger charge is -2.11. The monoisotopic (exact) mass is 508 g/mol. The maximum atomic E-state index is 12.2. The molecule has 1 heterocycles. The van der Waals surface area contributed by atoms with E-state index in [0.29, 0.717) is 14.9 Å². The zero-order chi connectivity index (χ0) is 21.1. The highest BCUT2D eigenvalue weighted by atomic mass is 127. The molecule has 0 spiro atoms. The Balaban J connectivity index is 2.01. The van der Waals surface area contributed by atoms with Crippen molar-refractivity contribution in [2.45, 2.75) is 6.92 Å². The molecule has 0 saturated heterocycles. The fraction of sp³-hybridized carbons (Fsp3) is 0.105. The van der Waals surface area contributed by atoms with Gasteiger partial charge in [-0.2, -0.15) is 0 Å². The number of carbonyl (C=O) groups is 2. The van der Waals surface area contributed by atoms with Crippen LogP contribution in [0.25, 0.3) is 6.08 Å². The molecule has 0 aromatic heterocycles. The molecule has 1 aliphatic rings. The highest BCUT2D eigenvalue weighted by Gasteiger charge is 2.29. The normalized spacial score (nSPS) is 14.4. The number of hydrogen-bond acceptors (Lipinski definition) is 8. The van der Waals surface area contributed by atoms with Crippen molar-refractivity contribution in [2.75, 3.05) is 7.11 Å². The van der Waals surface area contributed by atoms with Crippen molar-refractivity contribution in [3.8, 4) is 11.5 Å². The van der Waals surface area contributed by atoms with Gasteiger partial charge in [0.05, 0.1) is 15.6 Å². The second kappa shape index (κ2) is 8.39. The lowest BCUT2D eigenvalue weighted by atomic mass is 10.1. The first-order valence-corrected chi connectivity index (χ1v) is 9.20. The van der Waals surface area contributed by atoms with Crippen LogP contribution in [0.3, 0.4) is 0 Å². The Morgan fingerprint density at radius 1 is 1.31 bits per heavy atom. The van der Waals surface area contributed by atoms with E-state index >= 15 is 0 Å². The molecule has 10 heteroatoms. The SMILES string of the molecule is COc1cc(/C=C2/N=C(c3ccccc3[N+](=O)[O-])OC2=O)cc(I)c1OC(C)=O. The number of cyclic esters (lactones) is 1. The molecule has 0 atom stereocenters. The second-order valence-electron chi connectivity index (χ2n) is 5.74. The van der Waals surface area contributed by atoms with E-state index in [1.807, 2.05) is 22.6 Å². The first kappa shape index (κ1) is 20.5. The van der Waals surface area contributed by atoms with Crippen LogP contribution in [0.1, 0.15) is 18.1 Å². The molecule has 0 aliphatic carbocycles. The number of nitrogens with zero attached hydrogens (tertiary/aromatic N) is 2. The molecule has 148 valence electrons. The molecule has 0 fully saturated rings. The fourth-order valence-corrected chi connectivity index (χ4v) is 3.30. The van der Waals surface area contributed by atoms with Gasteiger partial charge < -0.3 is 14.2 Å². The minimum absolute atomic E-state index is 0.0313. The summed E-state index contributed by atoms with van der Waals surface area (Å²) in [6.07, 6.45) is 1.45. The van der Waals surface area contributed by atoms with E-state index in [9.17, 15) is 19.7 Å². The molecule has 1 aliphatic heterocycles. The van der Waals surface area contributed by atoms with Crippen LogP contribution >= 0.6 is 22.6 Å². The Labute approximate surface area is 178 Å². The number of benzene rings is 2. The maximum absolute atomic E-state index is 12.2. The predicted molar refractivity (Wildman–Crippen MR) is 111 cm³/mol. The molecular formula is C19H13IN2O7. The van der Waals surface area contributed by atoms with Crippen LogP contribution in [0, 0.1) is 13.7 Å². The third kappa shape index (κ3) is 4.42. The van der Waals surface area contributed by atoms with Gasteiger partial charge in [0, 0.05) is 13.0 Å². The topological polar surface area (TPSA) is 117 Å². The van der Waals surface area contributed by atoms with Crippen LogP contribution in [0.4, 0.5) is 5.69 Å². The van der Waals surface area contributed by atoms with Crippen molar-refractivity contribution in [1.29, 1.82) is 0 Å².